The van der Waals surface area contributed by atoms with Crippen LogP contribution in [0.25, 0.3) is 11.5 Å². The minimum Gasteiger partial charge on any atom is -0.368 e. The van der Waals surface area contributed by atoms with Gasteiger partial charge in [-0.1, -0.05) is 6.07 Å². The fourth-order valence-corrected chi connectivity index (χ4v) is 2.50. The zero-order chi connectivity index (χ0) is 15.7. The Morgan fingerprint density at radius 1 is 1.27 bits per heavy atom. The van der Waals surface area contributed by atoms with Crippen molar-refractivity contribution in [2.45, 2.75) is 38.6 Å². The van der Waals surface area contributed by atoms with E-state index in [9.17, 15) is 4.79 Å². The monoisotopic (exact) mass is 297 g/mol. The van der Waals surface area contributed by atoms with Gasteiger partial charge >= 0.3 is 0 Å². The molecule has 0 saturated carbocycles. The van der Waals surface area contributed by atoms with Crippen molar-refractivity contribution in [2.24, 2.45) is 5.73 Å². The van der Waals surface area contributed by atoms with Crippen LogP contribution in [0.15, 0.2) is 24.4 Å². The van der Waals surface area contributed by atoms with Crippen LogP contribution in [-0.4, -0.2) is 26.4 Å². The van der Waals surface area contributed by atoms with Gasteiger partial charge in [-0.15, -0.1) is 0 Å². The van der Waals surface area contributed by atoms with Crippen LogP contribution in [-0.2, 0) is 17.6 Å². The van der Waals surface area contributed by atoms with Gasteiger partial charge < -0.3 is 11.1 Å². The second-order valence-electron chi connectivity index (χ2n) is 6.00. The Morgan fingerprint density at radius 2 is 2.09 bits per heavy atom. The summed E-state index contributed by atoms with van der Waals surface area (Å²) in [6, 6.07) is 5.63. The maximum atomic E-state index is 11.6. The van der Waals surface area contributed by atoms with E-state index in [4.69, 9.17) is 5.73 Å². The van der Waals surface area contributed by atoms with Crippen molar-refractivity contribution >= 4 is 11.7 Å². The van der Waals surface area contributed by atoms with Crippen LogP contribution in [0.3, 0.4) is 0 Å². The van der Waals surface area contributed by atoms with E-state index in [2.05, 4.69) is 20.3 Å². The van der Waals surface area contributed by atoms with Gasteiger partial charge in [0.2, 0.25) is 5.91 Å². The molecule has 0 atom stereocenters. The van der Waals surface area contributed by atoms with E-state index in [1.165, 1.54) is 0 Å². The molecule has 0 radical (unpaired) electrons. The summed E-state index contributed by atoms with van der Waals surface area (Å²) in [4.78, 5) is 25.1. The zero-order valence-corrected chi connectivity index (χ0v) is 12.8. The summed E-state index contributed by atoms with van der Waals surface area (Å²) in [5.41, 5.74) is 7.41. The van der Waals surface area contributed by atoms with Crippen molar-refractivity contribution in [3.63, 3.8) is 0 Å². The van der Waals surface area contributed by atoms with Gasteiger partial charge in [0, 0.05) is 17.5 Å². The summed E-state index contributed by atoms with van der Waals surface area (Å²) >= 11 is 0. The predicted molar refractivity (Wildman–Crippen MR) is 84.2 cm³/mol. The van der Waals surface area contributed by atoms with Crippen LogP contribution in [0.5, 0.6) is 0 Å². The maximum Gasteiger partial charge on any atom is 0.242 e. The fourth-order valence-electron chi connectivity index (χ4n) is 2.50. The highest BCUT2D eigenvalue weighted by Crippen LogP contribution is 2.30. The Kier molecular flexibility index (Phi) is 3.52. The minimum absolute atomic E-state index is 0.419. The molecule has 0 unspecified atom stereocenters. The molecule has 3 rings (SSSR count). The van der Waals surface area contributed by atoms with E-state index < -0.39 is 11.4 Å². The molecule has 0 aromatic carbocycles. The van der Waals surface area contributed by atoms with Crippen LogP contribution in [0.1, 0.15) is 31.5 Å². The number of fused-ring (bicyclic) bond motifs is 1. The van der Waals surface area contributed by atoms with Gasteiger partial charge in [-0.2, -0.15) is 0 Å². The summed E-state index contributed by atoms with van der Waals surface area (Å²) < 4.78 is 0. The first-order valence-electron chi connectivity index (χ1n) is 7.36. The fraction of sp³-hybridized carbons (Fsp3) is 0.375. The number of nitrogens with one attached hydrogen (secondary N) is 1. The molecule has 0 spiro atoms. The molecule has 1 amide bonds. The number of pyridine rings is 1. The van der Waals surface area contributed by atoms with Crippen LogP contribution in [0.2, 0.25) is 0 Å². The molecular weight excluding hydrogens is 278 g/mol. The SMILES string of the molecule is CC(C)(Nc1nc(-c2ccccn2)nc2c1CCC2)C(N)=O. The van der Waals surface area contributed by atoms with Gasteiger partial charge in [0.25, 0.3) is 0 Å². The predicted octanol–water partition coefficient (Wildman–Crippen LogP) is 1.70. The number of rotatable bonds is 4. The Hall–Kier alpha value is -2.50. The third-order valence-corrected chi connectivity index (χ3v) is 3.87. The van der Waals surface area contributed by atoms with Crippen molar-refractivity contribution in [2.75, 3.05) is 5.32 Å². The molecule has 6 heteroatoms. The number of amides is 1. The van der Waals surface area contributed by atoms with E-state index in [1.807, 2.05) is 18.2 Å². The summed E-state index contributed by atoms with van der Waals surface area (Å²) in [5, 5.41) is 3.17. The number of carbonyl (C=O) groups is 1. The summed E-state index contributed by atoms with van der Waals surface area (Å²) in [7, 11) is 0. The van der Waals surface area contributed by atoms with Crippen LogP contribution in [0.4, 0.5) is 5.82 Å². The molecule has 1 aliphatic rings. The van der Waals surface area contributed by atoms with E-state index in [0.29, 0.717) is 11.6 Å². The second kappa shape index (κ2) is 5.36. The molecule has 3 N–H and O–H groups in total. The van der Waals surface area contributed by atoms with Gasteiger partial charge in [-0.25, -0.2) is 9.97 Å². The molecule has 114 valence electrons. The van der Waals surface area contributed by atoms with Crippen molar-refractivity contribution in [3.05, 3.63) is 35.7 Å². The topological polar surface area (TPSA) is 93.8 Å². The number of carbonyl (C=O) groups excluding carboxylic acids is 1. The highest BCUT2D eigenvalue weighted by molar-refractivity contribution is 5.87. The maximum absolute atomic E-state index is 11.6. The number of nitrogens with two attached hydrogens (primary N) is 1. The molecule has 6 nitrogen and oxygen atoms in total. The number of hydrogen-bond acceptors (Lipinski definition) is 5. The first-order chi connectivity index (χ1) is 10.5. The first-order valence-corrected chi connectivity index (χ1v) is 7.36. The van der Waals surface area contributed by atoms with E-state index in [1.54, 1.807) is 20.0 Å². The molecule has 0 bridgehead atoms. The standard InChI is InChI=1S/C16H19N5O/c1-16(2,15(17)22)21-13-10-6-5-8-11(10)19-14(20-13)12-7-3-4-9-18-12/h3-4,7,9H,5-6,8H2,1-2H3,(H2,17,22)(H,19,20,21). The van der Waals surface area contributed by atoms with Crippen LogP contribution in [0, 0.1) is 0 Å². The molecule has 0 fully saturated rings. The molecule has 0 aliphatic heterocycles. The normalized spacial score (nSPS) is 13.7. The summed E-state index contributed by atoms with van der Waals surface area (Å²) in [6.07, 6.45) is 4.59. The molecule has 22 heavy (non-hydrogen) atoms. The molecule has 0 saturated heterocycles. The van der Waals surface area contributed by atoms with E-state index in [0.717, 1.165) is 36.2 Å². The lowest BCUT2D eigenvalue weighted by molar-refractivity contribution is -0.121. The van der Waals surface area contributed by atoms with Crippen molar-refractivity contribution < 1.29 is 4.79 Å². The van der Waals surface area contributed by atoms with Gasteiger partial charge in [-0.3, -0.25) is 9.78 Å². The lowest BCUT2D eigenvalue weighted by Crippen LogP contribution is -2.45. The number of primary amides is 1. The smallest absolute Gasteiger partial charge is 0.242 e. The Balaban J connectivity index is 2.06. The number of hydrogen-bond donors (Lipinski definition) is 2. The van der Waals surface area contributed by atoms with Crippen LogP contribution < -0.4 is 11.1 Å². The zero-order valence-electron chi connectivity index (χ0n) is 12.8. The number of aromatic nitrogens is 3. The van der Waals surface area contributed by atoms with Crippen molar-refractivity contribution in [3.8, 4) is 11.5 Å². The molecule has 2 heterocycles. The average molecular weight is 297 g/mol. The molecular formula is C16H19N5O. The van der Waals surface area contributed by atoms with Crippen LogP contribution >= 0.6 is 0 Å². The number of anilines is 1. The Bertz CT molecular complexity index is 712. The molecule has 1 aliphatic carbocycles. The third-order valence-electron chi connectivity index (χ3n) is 3.87. The summed E-state index contributed by atoms with van der Waals surface area (Å²) in [6.45, 7) is 3.50. The van der Waals surface area contributed by atoms with Crippen molar-refractivity contribution in [1.82, 2.24) is 15.0 Å². The first kappa shape index (κ1) is 14.4. The highest BCUT2D eigenvalue weighted by atomic mass is 16.1. The summed E-state index contributed by atoms with van der Waals surface area (Å²) in [5.74, 6) is 0.841. The Labute approximate surface area is 129 Å². The number of nitrogens with zero attached hydrogens (tertiary/aromatic N) is 3. The highest BCUT2D eigenvalue weighted by Gasteiger charge is 2.28. The lowest BCUT2D eigenvalue weighted by atomic mass is 10.0. The van der Waals surface area contributed by atoms with Gasteiger partial charge in [-0.05, 0) is 45.2 Å². The second-order valence-corrected chi connectivity index (χ2v) is 6.00. The quantitative estimate of drug-likeness (QED) is 0.896. The minimum atomic E-state index is -0.869. The lowest BCUT2D eigenvalue weighted by Gasteiger charge is -2.24. The third kappa shape index (κ3) is 2.64. The van der Waals surface area contributed by atoms with Gasteiger partial charge in [0.1, 0.15) is 17.1 Å². The van der Waals surface area contributed by atoms with E-state index >= 15 is 0 Å². The van der Waals surface area contributed by atoms with E-state index in [-0.39, 0.29) is 0 Å². The van der Waals surface area contributed by atoms with Gasteiger partial charge in [0.15, 0.2) is 5.82 Å². The molecule has 2 aromatic heterocycles. The Morgan fingerprint density at radius 3 is 2.77 bits per heavy atom. The number of aryl methyl sites for hydroxylation is 1. The van der Waals surface area contributed by atoms with Gasteiger partial charge in [0.05, 0.1) is 0 Å². The largest absolute Gasteiger partial charge is 0.368 e. The molecule has 2 aromatic rings. The van der Waals surface area contributed by atoms with Crippen molar-refractivity contribution in [1.29, 1.82) is 0 Å². The average Bonchev–Trinajstić information content (AvgIpc) is 2.96.